The van der Waals surface area contributed by atoms with Gasteiger partial charge in [0.25, 0.3) is 0 Å². The first-order chi connectivity index (χ1) is 7.09. The lowest BCUT2D eigenvalue weighted by Gasteiger charge is -2.30. The maximum Gasteiger partial charge on any atom is 0.0514 e. The number of hydrogen-bond donors (Lipinski definition) is 0. The fraction of sp³-hybridized carbons (Fsp3) is 0.231. The average Bonchev–Trinajstić information content (AvgIpc) is 2.17. The number of halogens is 2. The van der Waals surface area contributed by atoms with Gasteiger partial charge in [-0.1, -0.05) is 64.0 Å². The van der Waals surface area contributed by atoms with Gasteiger partial charge < -0.3 is 0 Å². The minimum absolute atomic E-state index is 0.0214. The number of alkyl halides is 1. The fourth-order valence-electron chi connectivity index (χ4n) is 1.85. The first-order valence-corrected chi connectivity index (χ1v) is 6.07. The molecule has 0 heterocycles. The highest BCUT2D eigenvalue weighted by Crippen LogP contribution is 2.40. The predicted octanol–water partition coefficient (Wildman–Crippen LogP) is 4.70. The molecule has 0 aromatic heterocycles. The molecule has 0 saturated heterocycles. The normalized spacial score (nSPS) is 29.4. The molecule has 1 aliphatic carbocycles. The Morgan fingerprint density at radius 3 is 2.80 bits per heavy atom. The van der Waals surface area contributed by atoms with Crippen LogP contribution in [0, 0.1) is 0 Å². The zero-order valence-electron chi connectivity index (χ0n) is 8.45. The summed E-state index contributed by atoms with van der Waals surface area (Å²) in [7, 11) is 0. The van der Waals surface area contributed by atoms with Crippen LogP contribution in [0.5, 0.6) is 0 Å². The second-order valence-corrected chi connectivity index (χ2v) is 6.07. The van der Waals surface area contributed by atoms with E-state index in [9.17, 15) is 0 Å². The van der Waals surface area contributed by atoms with Crippen LogP contribution in [0.1, 0.15) is 18.4 Å². The van der Waals surface area contributed by atoms with Crippen LogP contribution in [0.15, 0.2) is 48.6 Å². The SMILES string of the molecule is CC1(Br)C=CC=CC1c1cccc(Cl)c1. The molecule has 0 aliphatic heterocycles. The number of hydrogen-bond acceptors (Lipinski definition) is 0. The smallest absolute Gasteiger partial charge is 0.0514 e. The van der Waals surface area contributed by atoms with Crippen molar-refractivity contribution in [2.75, 3.05) is 0 Å². The molecule has 2 atom stereocenters. The molecule has 1 aliphatic rings. The van der Waals surface area contributed by atoms with E-state index in [4.69, 9.17) is 11.6 Å². The van der Waals surface area contributed by atoms with E-state index >= 15 is 0 Å². The van der Waals surface area contributed by atoms with Crippen molar-refractivity contribution in [1.29, 1.82) is 0 Å². The summed E-state index contributed by atoms with van der Waals surface area (Å²) in [6.07, 6.45) is 8.50. The van der Waals surface area contributed by atoms with Gasteiger partial charge in [0.15, 0.2) is 0 Å². The third kappa shape index (κ3) is 2.35. The van der Waals surface area contributed by atoms with Gasteiger partial charge in [0.2, 0.25) is 0 Å². The van der Waals surface area contributed by atoms with Crippen LogP contribution in [-0.2, 0) is 0 Å². The summed E-state index contributed by atoms with van der Waals surface area (Å²) in [5.41, 5.74) is 1.24. The van der Waals surface area contributed by atoms with E-state index in [0.717, 1.165) is 5.02 Å². The molecule has 0 radical (unpaired) electrons. The fourth-order valence-corrected chi connectivity index (χ4v) is 2.62. The standard InChI is InChI=1S/C13H12BrCl/c1-13(14)8-3-2-7-12(13)10-5-4-6-11(15)9-10/h2-9,12H,1H3. The van der Waals surface area contributed by atoms with Gasteiger partial charge in [-0.15, -0.1) is 0 Å². The van der Waals surface area contributed by atoms with Crippen LogP contribution in [-0.4, -0.2) is 4.32 Å². The van der Waals surface area contributed by atoms with E-state index in [2.05, 4.69) is 53.2 Å². The van der Waals surface area contributed by atoms with Crippen molar-refractivity contribution in [1.82, 2.24) is 0 Å². The Labute approximate surface area is 104 Å². The molecule has 0 fully saturated rings. The van der Waals surface area contributed by atoms with E-state index in [-0.39, 0.29) is 4.32 Å². The van der Waals surface area contributed by atoms with Gasteiger partial charge >= 0.3 is 0 Å². The number of benzene rings is 1. The van der Waals surface area contributed by atoms with Crippen molar-refractivity contribution >= 4 is 27.5 Å². The van der Waals surface area contributed by atoms with E-state index < -0.39 is 0 Å². The third-order valence-electron chi connectivity index (χ3n) is 2.65. The molecule has 0 amide bonds. The molecule has 0 spiro atoms. The van der Waals surface area contributed by atoms with Gasteiger partial charge in [0, 0.05) is 10.9 Å². The summed E-state index contributed by atoms with van der Waals surface area (Å²) in [6.45, 7) is 2.17. The highest BCUT2D eigenvalue weighted by molar-refractivity contribution is 9.10. The van der Waals surface area contributed by atoms with Crippen LogP contribution in [0.2, 0.25) is 5.02 Å². The van der Waals surface area contributed by atoms with E-state index in [1.54, 1.807) is 0 Å². The zero-order valence-corrected chi connectivity index (χ0v) is 10.8. The molecular formula is C13H12BrCl. The van der Waals surface area contributed by atoms with Crippen molar-refractivity contribution in [2.45, 2.75) is 17.2 Å². The van der Waals surface area contributed by atoms with E-state index in [1.165, 1.54) is 5.56 Å². The molecule has 78 valence electrons. The van der Waals surface area contributed by atoms with Gasteiger partial charge in [-0.05, 0) is 24.6 Å². The number of rotatable bonds is 1. The first kappa shape index (κ1) is 11.0. The average molecular weight is 284 g/mol. The Balaban J connectivity index is 2.39. The van der Waals surface area contributed by atoms with Crippen LogP contribution >= 0.6 is 27.5 Å². The Bertz CT molecular complexity index is 418. The Morgan fingerprint density at radius 1 is 1.33 bits per heavy atom. The molecule has 2 unspecified atom stereocenters. The third-order valence-corrected chi connectivity index (χ3v) is 3.65. The lowest BCUT2D eigenvalue weighted by molar-refractivity contribution is 0.701. The summed E-state index contributed by atoms with van der Waals surface area (Å²) in [5, 5.41) is 0.791. The summed E-state index contributed by atoms with van der Waals surface area (Å²) in [4.78, 5) is 0. The lowest BCUT2D eigenvalue weighted by Crippen LogP contribution is -2.23. The largest absolute Gasteiger partial charge is 0.0843 e. The molecule has 2 rings (SSSR count). The van der Waals surface area contributed by atoms with Gasteiger partial charge in [-0.3, -0.25) is 0 Å². The first-order valence-electron chi connectivity index (χ1n) is 4.90. The minimum atomic E-state index is -0.0214. The van der Waals surface area contributed by atoms with Crippen molar-refractivity contribution in [2.24, 2.45) is 0 Å². The van der Waals surface area contributed by atoms with E-state index in [1.807, 2.05) is 18.2 Å². The minimum Gasteiger partial charge on any atom is -0.0843 e. The summed E-state index contributed by atoms with van der Waals surface area (Å²) in [6, 6.07) is 8.03. The summed E-state index contributed by atoms with van der Waals surface area (Å²) in [5.74, 6) is 0.334. The maximum absolute atomic E-state index is 6.00. The topological polar surface area (TPSA) is 0 Å². The molecule has 0 saturated carbocycles. The highest BCUT2D eigenvalue weighted by Gasteiger charge is 2.29. The van der Waals surface area contributed by atoms with Crippen LogP contribution in [0.25, 0.3) is 0 Å². The van der Waals surface area contributed by atoms with Gasteiger partial charge in [0.1, 0.15) is 0 Å². The summed E-state index contributed by atoms with van der Waals surface area (Å²) >= 11 is 9.74. The molecule has 0 N–H and O–H groups in total. The Kier molecular flexibility index (Phi) is 3.03. The van der Waals surface area contributed by atoms with Crippen molar-refractivity contribution in [3.63, 3.8) is 0 Å². The monoisotopic (exact) mass is 282 g/mol. The predicted molar refractivity (Wildman–Crippen MR) is 69.8 cm³/mol. The Hall–Kier alpha value is -0.530. The zero-order chi connectivity index (χ0) is 10.9. The Morgan fingerprint density at radius 2 is 2.13 bits per heavy atom. The molecule has 1 aromatic rings. The summed E-state index contributed by atoms with van der Waals surface area (Å²) < 4.78 is -0.0214. The van der Waals surface area contributed by atoms with Crippen LogP contribution in [0.3, 0.4) is 0 Å². The molecular weight excluding hydrogens is 271 g/mol. The van der Waals surface area contributed by atoms with E-state index in [0.29, 0.717) is 5.92 Å². The van der Waals surface area contributed by atoms with Crippen molar-refractivity contribution in [3.05, 3.63) is 59.2 Å². The second-order valence-electron chi connectivity index (χ2n) is 3.93. The van der Waals surface area contributed by atoms with Crippen LogP contribution < -0.4 is 0 Å². The van der Waals surface area contributed by atoms with Crippen molar-refractivity contribution in [3.8, 4) is 0 Å². The second kappa shape index (κ2) is 4.15. The highest BCUT2D eigenvalue weighted by atomic mass is 79.9. The van der Waals surface area contributed by atoms with Gasteiger partial charge in [-0.2, -0.15) is 0 Å². The quantitative estimate of drug-likeness (QED) is 0.655. The maximum atomic E-state index is 6.00. The molecule has 0 nitrogen and oxygen atoms in total. The number of allylic oxidation sites excluding steroid dienone is 4. The molecule has 1 aromatic carbocycles. The van der Waals surface area contributed by atoms with Crippen molar-refractivity contribution < 1.29 is 0 Å². The lowest BCUT2D eigenvalue weighted by atomic mass is 9.84. The molecule has 0 bridgehead atoms. The molecule has 15 heavy (non-hydrogen) atoms. The molecule has 2 heteroatoms. The van der Waals surface area contributed by atoms with Crippen LogP contribution in [0.4, 0.5) is 0 Å². The van der Waals surface area contributed by atoms with Gasteiger partial charge in [0.05, 0.1) is 4.32 Å². The van der Waals surface area contributed by atoms with Gasteiger partial charge in [-0.25, -0.2) is 0 Å².